The molecule has 1 aliphatic heterocycles. The van der Waals surface area contributed by atoms with E-state index in [9.17, 15) is 24.2 Å². The number of carboxylic acid groups (broad SMARTS) is 2. The molecule has 5 aromatic rings. The zero-order valence-electron chi connectivity index (χ0n) is 27.2. The summed E-state index contributed by atoms with van der Waals surface area (Å²) in [5.41, 5.74) is 5.58. The van der Waals surface area contributed by atoms with Gasteiger partial charge in [0.25, 0.3) is 0 Å². The van der Waals surface area contributed by atoms with Crippen molar-refractivity contribution in [3.05, 3.63) is 130 Å². The molecular weight excluding hydrogens is 627 g/mol. The standard InChI is InChI=1S/C38H35FN4O6/c1-22-34(37(44)45)29(14-6-25-7-15-32(48-3)33(20-25)49-19-17-24-4-10-27(39)11-5-24)35(38(46)47)36(41-22)26-8-12-28(13-9-26)43-23(2)42-30-21-40-18-16-31(30)43/h4-5,7-13,15-16,18,20-21,29,41H,6,14,17,19H2,1-3H3,(H,44,45)(H,46,47). The number of imidazole rings is 1. The highest BCUT2D eigenvalue weighted by atomic mass is 19.1. The van der Waals surface area contributed by atoms with E-state index in [-0.39, 0.29) is 23.4 Å². The summed E-state index contributed by atoms with van der Waals surface area (Å²) >= 11 is 0. The summed E-state index contributed by atoms with van der Waals surface area (Å²) in [5, 5.41) is 23.8. The Morgan fingerprint density at radius 1 is 0.898 bits per heavy atom. The number of methoxy groups -OCH3 is 1. The normalized spacial score (nSPS) is 14.6. The van der Waals surface area contributed by atoms with Crippen LogP contribution in [0.15, 0.2) is 102 Å². The zero-order valence-corrected chi connectivity index (χ0v) is 27.2. The lowest BCUT2D eigenvalue weighted by atomic mass is 9.80. The Bertz CT molecular complexity index is 2100. The molecule has 0 radical (unpaired) electrons. The molecule has 11 heteroatoms. The number of benzene rings is 3. The minimum Gasteiger partial charge on any atom is -0.493 e. The smallest absolute Gasteiger partial charge is 0.334 e. The van der Waals surface area contributed by atoms with E-state index in [4.69, 9.17) is 9.47 Å². The van der Waals surface area contributed by atoms with E-state index < -0.39 is 17.9 Å². The number of rotatable bonds is 12. The van der Waals surface area contributed by atoms with Crippen LogP contribution in [-0.2, 0) is 22.4 Å². The number of hydrogen-bond donors (Lipinski definition) is 3. The van der Waals surface area contributed by atoms with E-state index in [1.54, 1.807) is 37.5 Å². The lowest BCUT2D eigenvalue weighted by Crippen LogP contribution is -2.32. The van der Waals surface area contributed by atoms with E-state index in [1.165, 1.54) is 19.2 Å². The summed E-state index contributed by atoms with van der Waals surface area (Å²) in [6.07, 6.45) is 4.56. The maximum absolute atomic E-state index is 13.3. The number of aromatic nitrogens is 3. The number of dihydropyridines is 1. The Morgan fingerprint density at radius 2 is 1.61 bits per heavy atom. The van der Waals surface area contributed by atoms with Gasteiger partial charge in [-0.15, -0.1) is 0 Å². The Hall–Kier alpha value is -5.97. The summed E-state index contributed by atoms with van der Waals surface area (Å²) in [4.78, 5) is 34.1. The molecule has 1 aliphatic rings. The van der Waals surface area contributed by atoms with Crippen LogP contribution >= 0.6 is 0 Å². The van der Waals surface area contributed by atoms with Gasteiger partial charge in [0.15, 0.2) is 11.5 Å². The second-order valence-electron chi connectivity index (χ2n) is 11.8. The summed E-state index contributed by atoms with van der Waals surface area (Å²) in [6.45, 7) is 3.88. The van der Waals surface area contributed by atoms with Gasteiger partial charge < -0.3 is 25.0 Å². The van der Waals surface area contributed by atoms with E-state index in [0.717, 1.165) is 33.7 Å². The van der Waals surface area contributed by atoms with Crippen molar-refractivity contribution in [1.29, 1.82) is 0 Å². The van der Waals surface area contributed by atoms with Gasteiger partial charge in [-0.05, 0) is 85.8 Å². The Kier molecular flexibility index (Phi) is 9.43. The molecule has 3 heterocycles. The lowest BCUT2D eigenvalue weighted by Gasteiger charge is -2.30. The van der Waals surface area contributed by atoms with Gasteiger partial charge in [0.05, 0.1) is 42.3 Å². The molecule has 3 N–H and O–H groups in total. The number of nitrogens with zero attached hydrogens (tertiary/aromatic N) is 3. The van der Waals surface area contributed by atoms with Crippen LogP contribution in [0.4, 0.5) is 4.39 Å². The van der Waals surface area contributed by atoms with Crippen LogP contribution in [0.1, 0.15) is 35.9 Å². The topological polar surface area (TPSA) is 136 Å². The fourth-order valence-electron chi connectivity index (χ4n) is 6.37. The first-order valence-corrected chi connectivity index (χ1v) is 15.8. The van der Waals surface area contributed by atoms with Crippen molar-refractivity contribution < 1.29 is 33.7 Å². The molecule has 1 unspecified atom stereocenters. The van der Waals surface area contributed by atoms with Crippen molar-refractivity contribution in [1.82, 2.24) is 19.9 Å². The summed E-state index contributed by atoms with van der Waals surface area (Å²) < 4.78 is 26.8. The van der Waals surface area contributed by atoms with Crippen molar-refractivity contribution in [3.8, 4) is 17.2 Å². The van der Waals surface area contributed by atoms with Gasteiger partial charge in [0.2, 0.25) is 0 Å². The third kappa shape index (κ3) is 6.87. The van der Waals surface area contributed by atoms with Crippen molar-refractivity contribution in [2.75, 3.05) is 13.7 Å². The molecule has 0 spiro atoms. The number of hydrogen-bond acceptors (Lipinski definition) is 7. The highest BCUT2D eigenvalue weighted by Gasteiger charge is 2.36. The second kappa shape index (κ2) is 14.0. The molecule has 0 saturated heterocycles. The average molecular weight is 663 g/mol. The number of halogens is 1. The number of aliphatic carboxylic acids is 2. The van der Waals surface area contributed by atoms with Crippen molar-refractivity contribution in [3.63, 3.8) is 0 Å². The van der Waals surface area contributed by atoms with Crippen molar-refractivity contribution >= 4 is 28.7 Å². The molecule has 250 valence electrons. The second-order valence-corrected chi connectivity index (χ2v) is 11.8. The number of carbonyl (C=O) groups is 2. The maximum atomic E-state index is 13.3. The van der Waals surface area contributed by atoms with Crippen LogP contribution < -0.4 is 14.8 Å². The van der Waals surface area contributed by atoms with Gasteiger partial charge in [0.1, 0.15) is 17.2 Å². The van der Waals surface area contributed by atoms with Crippen LogP contribution in [0.25, 0.3) is 22.4 Å². The van der Waals surface area contributed by atoms with Crippen LogP contribution in [0, 0.1) is 18.7 Å². The van der Waals surface area contributed by atoms with Gasteiger partial charge in [-0.1, -0.05) is 30.3 Å². The Morgan fingerprint density at radius 3 is 2.31 bits per heavy atom. The van der Waals surface area contributed by atoms with E-state index in [2.05, 4.69) is 15.3 Å². The van der Waals surface area contributed by atoms with Crippen LogP contribution in [-0.4, -0.2) is 50.4 Å². The quantitative estimate of drug-likeness (QED) is 0.137. The number of fused-ring (bicyclic) bond motifs is 1. The molecule has 3 aromatic carbocycles. The molecule has 1 atom stereocenters. The first kappa shape index (κ1) is 33.0. The van der Waals surface area contributed by atoms with E-state index in [1.807, 2.05) is 54.0 Å². The predicted molar refractivity (Wildman–Crippen MR) is 182 cm³/mol. The van der Waals surface area contributed by atoms with Crippen molar-refractivity contribution in [2.24, 2.45) is 5.92 Å². The maximum Gasteiger partial charge on any atom is 0.334 e. The summed E-state index contributed by atoms with van der Waals surface area (Å²) in [5.74, 6) is -1.78. The zero-order chi connectivity index (χ0) is 34.7. The van der Waals surface area contributed by atoms with Crippen molar-refractivity contribution in [2.45, 2.75) is 33.1 Å². The highest BCUT2D eigenvalue weighted by molar-refractivity contribution is 6.02. The number of carboxylic acids is 2. The third-order valence-electron chi connectivity index (χ3n) is 8.69. The fraction of sp³-hybridized carbons (Fsp3) is 0.211. The molecule has 0 saturated carbocycles. The molecule has 0 aliphatic carbocycles. The minimum absolute atomic E-state index is 0.0103. The van der Waals surface area contributed by atoms with Gasteiger partial charge in [0, 0.05) is 29.9 Å². The van der Waals surface area contributed by atoms with Gasteiger partial charge in [-0.25, -0.2) is 19.0 Å². The van der Waals surface area contributed by atoms with Crippen LogP contribution in [0.3, 0.4) is 0 Å². The number of ether oxygens (including phenoxy) is 2. The average Bonchev–Trinajstić information content (AvgIpc) is 3.43. The van der Waals surface area contributed by atoms with Gasteiger partial charge in [-0.3, -0.25) is 9.55 Å². The van der Waals surface area contributed by atoms with Crippen LogP contribution in [0.5, 0.6) is 11.5 Å². The molecule has 0 bridgehead atoms. The van der Waals surface area contributed by atoms with Crippen LogP contribution in [0.2, 0.25) is 0 Å². The lowest BCUT2D eigenvalue weighted by molar-refractivity contribution is -0.134. The van der Waals surface area contributed by atoms with E-state index >= 15 is 0 Å². The summed E-state index contributed by atoms with van der Waals surface area (Å²) in [6, 6.07) is 21.0. The summed E-state index contributed by atoms with van der Waals surface area (Å²) in [7, 11) is 1.54. The first-order chi connectivity index (χ1) is 23.6. The Balaban J connectivity index is 1.27. The first-order valence-electron chi connectivity index (χ1n) is 15.8. The fourth-order valence-corrected chi connectivity index (χ4v) is 6.37. The molecule has 0 fully saturated rings. The highest BCUT2D eigenvalue weighted by Crippen LogP contribution is 2.38. The molecule has 6 rings (SSSR count). The largest absolute Gasteiger partial charge is 0.493 e. The molecule has 0 amide bonds. The molecule has 10 nitrogen and oxygen atoms in total. The number of pyridine rings is 1. The molecule has 49 heavy (non-hydrogen) atoms. The number of nitrogens with one attached hydrogen (secondary N) is 1. The minimum atomic E-state index is -1.20. The Labute approximate surface area is 282 Å². The number of aryl methyl sites for hydroxylation is 2. The predicted octanol–water partition coefficient (Wildman–Crippen LogP) is 6.50. The third-order valence-corrected chi connectivity index (χ3v) is 8.69. The molecule has 2 aromatic heterocycles. The molecular formula is C38H35FN4O6. The number of allylic oxidation sites excluding steroid dienone is 1. The van der Waals surface area contributed by atoms with Gasteiger partial charge >= 0.3 is 11.9 Å². The van der Waals surface area contributed by atoms with Gasteiger partial charge in [-0.2, -0.15) is 0 Å². The van der Waals surface area contributed by atoms with E-state index in [0.29, 0.717) is 47.9 Å². The SMILES string of the molecule is COc1ccc(CCC2C(C(=O)O)=C(C)NC(c3ccc(-n4c(C)nc5cnccc54)cc3)=C2C(=O)O)cc1OCCc1ccc(F)cc1. The monoisotopic (exact) mass is 662 g/mol.